The molecule has 4 N–H and O–H groups in total. The molecule has 7 rings (SSSR count). The number of fused-ring (bicyclic) bond motifs is 1. The second kappa shape index (κ2) is 18.0. The third-order valence-electron chi connectivity index (χ3n) is 13.9. The lowest BCUT2D eigenvalue weighted by Crippen LogP contribution is -2.70. The first-order valence-electron chi connectivity index (χ1n) is 22.5. The number of para-hydroxylation sites is 1. The average Bonchev–Trinajstić information content (AvgIpc) is 4.10. The maximum absolute atomic E-state index is 14.7. The first-order valence-corrected chi connectivity index (χ1v) is 24.0. The van der Waals surface area contributed by atoms with Crippen molar-refractivity contribution in [1.29, 1.82) is 0 Å². The van der Waals surface area contributed by atoms with Crippen LogP contribution in [0.2, 0.25) is 0 Å². The summed E-state index contributed by atoms with van der Waals surface area (Å²) in [4.78, 5) is 64.0. The number of nitrogens with zero attached hydrogens (tertiary/aromatic N) is 3. The molecule has 0 radical (unpaired) electrons. The summed E-state index contributed by atoms with van der Waals surface area (Å²) < 4.78 is 41.3. The number of benzene rings is 1. The first-order chi connectivity index (χ1) is 29.3. The molecule has 3 aliphatic carbocycles. The summed E-state index contributed by atoms with van der Waals surface area (Å²) >= 11 is 0. The van der Waals surface area contributed by atoms with Gasteiger partial charge in [-0.1, -0.05) is 71.1 Å². The van der Waals surface area contributed by atoms with Gasteiger partial charge in [-0.2, -0.15) is 0 Å². The molecule has 340 valence electrons. The van der Waals surface area contributed by atoms with Gasteiger partial charge >= 0.3 is 6.09 Å². The van der Waals surface area contributed by atoms with Crippen LogP contribution in [0.25, 0.3) is 10.9 Å². The number of rotatable bonds is 19. The Balaban J connectivity index is 1.20. The van der Waals surface area contributed by atoms with Crippen LogP contribution < -0.4 is 24.8 Å². The number of amides is 4. The molecule has 1 aromatic carbocycles. The zero-order valence-electron chi connectivity index (χ0n) is 37.0. The number of hydrogen-bond donors (Lipinski definition) is 4. The lowest BCUT2D eigenvalue weighted by molar-refractivity contribution is -0.145. The SMILES string of the molecule is C=CC1CCC1(NC(=O)C1CC(Oc2nc3ccccc3c(OCC3CCN(C)C3)c2CCCCCC2CC2)CN1C(=O)C(NC(=O)O)C(C)(C)C)C(=O)NS(=O)(=O)C1(C)CC1. The quantitative estimate of drug-likeness (QED) is 0.102. The molecule has 1 aromatic heterocycles. The topological polar surface area (TPSA) is 197 Å². The third-order valence-corrected chi connectivity index (χ3v) is 16.1. The minimum absolute atomic E-state index is 0.00569. The summed E-state index contributed by atoms with van der Waals surface area (Å²) in [5.74, 6) is -0.435. The third kappa shape index (κ3) is 9.85. The van der Waals surface area contributed by atoms with E-state index in [4.69, 9.17) is 14.5 Å². The fourth-order valence-corrected chi connectivity index (χ4v) is 10.6. The highest BCUT2D eigenvalue weighted by atomic mass is 32.2. The van der Waals surface area contributed by atoms with Crippen LogP contribution >= 0.6 is 0 Å². The van der Waals surface area contributed by atoms with Crippen molar-refractivity contribution in [1.82, 2.24) is 30.1 Å². The minimum atomic E-state index is -4.04. The maximum atomic E-state index is 14.7. The van der Waals surface area contributed by atoms with Crippen LogP contribution in [0.4, 0.5) is 4.79 Å². The number of nitrogens with one attached hydrogen (secondary N) is 3. The molecule has 16 heteroatoms. The predicted octanol–water partition coefficient (Wildman–Crippen LogP) is 5.56. The molecule has 2 aliphatic heterocycles. The van der Waals surface area contributed by atoms with Crippen molar-refractivity contribution in [2.45, 2.75) is 140 Å². The number of carboxylic acid groups (broad SMARTS) is 1. The van der Waals surface area contributed by atoms with E-state index in [-0.39, 0.29) is 19.4 Å². The van der Waals surface area contributed by atoms with Crippen molar-refractivity contribution < 1.29 is 42.2 Å². The second-order valence-corrected chi connectivity index (χ2v) is 22.2. The molecule has 62 heavy (non-hydrogen) atoms. The van der Waals surface area contributed by atoms with Gasteiger partial charge in [-0.25, -0.2) is 18.2 Å². The summed E-state index contributed by atoms with van der Waals surface area (Å²) in [6.07, 6.45) is 9.45. The van der Waals surface area contributed by atoms with Gasteiger partial charge in [-0.15, -0.1) is 6.58 Å². The summed E-state index contributed by atoms with van der Waals surface area (Å²) in [7, 11) is -1.92. The number of hydrogen-bond acceptors (Lipinski definition) is 10. The normalized spacial score (nSPS) is 26.3. The molecule has 4 amide bonds. The van der Waals surface area contributed by atoms with Gasteiger partial charge in [0.25, 0.3) is 5.91 Å². The lowest BCUT2D eigenvalue weighted by Gasteiger charge is -2.47. The van der Waals surface area contributed by atoms with Crippen molar-refractivity contribution in [2.75, 3.05) is 33.3 Å². The molecule has 2 saturated heterocycles. The maximum Gasteiger partial charge on any atom is 0.405 e. The largest absolute Gasteiger partial charge is 0.492 e. The molecule has 5 fully saturated rings. The molecule has 15 nitrogen and oxygen atoms in total. The van der Waals surface area contributed by atoms with E-state index in [0.717, 1.165) is 61.4 Å². The van der Waals surface area contributed by atoms with Crippen LogP contribution in [-0.2, 0) is 30.8 Å². The molecular weight excluding hydrogens is 813 g/mol. The number of aromatic nitrogens is 1. The summed E-state index contributed by atoms with van der Waals surface area (Å²) in [5.41, 5.74) is -1.00. The zero-order chi connectivity index (χ0) is 44.6. The Bertz CT molecular complexity index is 2150. The van der Waals surface area contributed by atoms with Gasteiger partial charge in [0.05, 0.1) is 29.0 Å². The number of sulfonamides is 1. The van der Waals surface area contributed by atoms with Crippen molar-refractivity contribution in [3.8, 4) is 11.6 Å². The fraction of sp³-hybridized carbons (Fsp3) is 0.674. The Morgan fingerprint density at radius 2 is 1.77 bits per heavy atom. The van der Waals surface area contributed by atoms with E-state index in [9.17, 15) is 32.7 Å². The number of pyridine rings is 1. The lowest BCUT2D eigenvalue weighted by atomic mass is 9.66. The zero-order valence-corrected chi connectivity index (χ0v) is 37.9. The average molecular weight is 879 g/mol. The first kappa shape index (κ1) is 45.6. The Morgan fingerprint density at radius 1 is 1.03 bits per heavy atom. The minimum Gasteiger partial charge on any atom is -0.492 e. The van der Waals surface area contributed by atoms with E-state index in [0.29, 0.717) is 49.6 Å². The van der Waals surface area contributed by atoms with Crippen LogP contribution in [0.3, 0.4) is 0 Å². The Hall–Kier alpha value is -4.44. The number of likely N-dealkylation sites (tertiary alicyclic amines) is 2. The smallest absolute Gasteiger partial charge is 0.405 e. The van der Waals surface area contributed by atoms with Crippen molar-refractivity contribution >= 4 is 44.7 Å². The second-order valence-electron chi connectivity index (χ2n) is 20.0. The number of carbonyl (C=O) groups excluding carboxylic acids is 3. The van der Waals surface area contributed by atoms with Gasteiger partial charge < -0.3 is 35.0 Å². The van der Waals surface area contributed by atoms with Gasteiger partial charge in [-0.05, 0) is 88.9 Å². The molecule has 2 aromatic rings. The van der Waals surface area contributed by atoms with E-state index in [1.165, 1.54) is 30.2 Å². The highest BCUT2D eigenvalue weighted by Crippen LogP contribution is 2.45. The monoisotopic (exact) mass is 878 g/mol. The Kier molecular flexibility index (Phi) is 13.2. The van der Waals surface area contributed by atoms with Crippen LogP contribution in [0.15, 0.2) is 36.9 Å². The van der Waals surface area contributed by atoms with Gasteiger partial charge in [0.2, 0.25) is 27.7 Å². The molecule has 3 heterocycles. The Labute approximate surface area is 366 Å². The van der Waals surface area contributed by atoms with Crippen LogP contribution in [0, 0.1) is 23.2 Å². The highest BCUT2D eigenvalue weighted by molar-refractivity contribution is 7.91. The van der Waals surface area contributed by atoms with Crippen LogP contribution in [-0.4, -0.2) is 114 Å². The number of ether oxygens (including phenoxy) is 2. The fourth-order valence-electron chi connectivity index (χ4n) is 9.33. The van der Waals surface area contributed by atoms with Crippen molar-refractivity contribution in [3.05, 3.63) is 42.5 Å². The Morgan fingerprint density at radius 3 is 2.39 bits per heavy atom. The van der Waals surface area contributed by atoms with Gasteiger partial charge in [0.15, 0.2) is 0 Å². The molecule has 0 spiro atoms. The molecule has 3 saturated carbocycles. The van der Waals surface area contributed by atoms with Crippen LogP contribution in [0.5, 0.6) is 11.6 Å². The summed E-state index contributed by atoms with van der Waals surface area (Å²) in [6.45, 7) is 13.0. The highest BCUT2D eigenvalue weighted by Gasteiger charge is 2.58. The standard InChI is InChI=1S/C46H66N6O9S/c1-7-31-19-21-46(31,42(55)50-62(58,59)45(5)22-23-45)49-39(53)36-25-32(27-52(36)41(54)38(44(2,3)4)48-43(56)57)61-40-34(15-10-8-9-13-29-17-18-29)37(33-14-11-12-16-35(33)47-40)60-28-30-20-24-51(6)26-30/h7,11-12,14,16,29-32,36,38,48H,1,8-10,13,15,17-28H2,2-6H3,(H,49,53)(H,50,55)(H,56,57). The van der Waals surface area contributed by atoms with Gasteiger partial charge in [0, 0.05) is 30.2 Å². The van der Waals surface area contributed by atoms with Crippen LogP contribution in [0.1, 0.15) is 110 Å². The van der Waals surface area contributed by atoms with E-state index < -0.39 is 73.6 Å². The van der Waals surface area contributed by atoms with Gasteiger partial charge in [-0.3, -0.25) is 19.1 Å². The molecule has 6 unspecified atom stereocenters. The number of carbonyl (C=O) groups is 4. The summed E-state index contributed by atoms with van der Waals surface area (Å²) in [5, 5.41) is 16.0. The molecule has 6 atom stereocenters. The van der Waals surface area contributed by atoms with E-state index in [1.54, 1.807) is 27.7 Å². The number of unbranched alkanes of at least 4 members (excludes halogenated alkanes) is 2. The molecule has 5 aliphatic rings. The summed E-state index contributed by atoms with van der Waals surface area (Å²) in [6, 6.07) is 5.35. The van der Waals surface area contributed by atoms with Crippen molar-refractivity contribution in [3.63, 3.8) is 0 Å². The van der Waals surface area contributed by atoms with E-state index in [2.05, 4.69) is 33.9 Å². The van der Waals surface area contributed by atoms with E-state index in [1.807, 2.05) is 24.3 Å². The van der Waals surface area contributed by atoms with E-state index >= 15 is 0 Å². The molecule has 0 bridgehead atoms. The molecular formula is C46H66N6O9S. The predicted molar refractivity (Wildman–Crippen MR) is 235 cm³/mol. The van der Waals surface area contributed by atoms with Crippen molar-refractivity contribution in [2.24, 2.45) is 23.2 Å². The van der Waals surface area contributed by atoms with Gasteiger partial charge in [0.1, 0.15) is 29.5 Å².